The highest BCUT2D eigenvalue weighted by Gasteiger charge is 2.25. The normalized spacial score (nSPS) is 17.1. The van der Waals surface area contributed by atoms with Gasteiger partial charge in [-0.2, -0.15) is 0 Å². The van der Waals surface area contributed by atoms with Crippen molar-refractivity contribution < 1.29 is 10.0 Å². The first kappa shape index (κ1) is 12.1. The van der Waals surface area contributed by atoms with E-state index in [4.69, 9.17) is 5.21 Å². The molecule has 0 spiro atoms. The van der Waals surface area contributed by atoms with Crippen molar-refractivity contribution in [2.24, 2.45) is 5.16 Å². The molecule has 0 fully saturated rings. The van der Waals surface area contributed by atoms with Crippen LogP contribution in [-0.2, 0) is 4.79 Å². The maximum absolute atomic E-state index is 11.8. The molecular formula is C12H13BrN2O2. The average molecular weight is 297 g/mol. The van der Waals surface area contributed by atoms with Gasteiger partial charge in [0, 0.05) is 29.4 Å². The second kappa shape index (κ2) is 4.87. The number of carbonyl (C=O) groups is 1. The number of hydrogen-bond acceptors (Lipinski definition) is 3. The predicted molar refractivity (Wildman–Crippen MR) is 69.7 cm³/mol. The summed E-state index contributed by atoms with van der Waals surface area (Å²) in [6.45, 7) is 2.41. The molecule has 5 heteroatoms. The minimum atomic E-state index is 0.0885. The van der Waals surface area contributed by atoms with E-state index in [9.17, 15) is 4.79 Å². The third-order valence-electron chi connectivity index (χ3n) is 2.86. The van der Waals surface area contributed by atoms with Crippen LogP contribution in [0.25, 0.3) is 0 Å². The molecule has 1 aromatic rings. The lowest BCUT2D eigenvalue weighted by Crippen LogP contribution is -2.37. The van der Waals surface area contributed by atoms with Crippen molar-refractivity contribution in [3.05, 3.63) is 28.2 Å². The molecule has 2 rings (SSSR count). The lowest BCUT2D eigenvalue weighted by molar-refractivity contribution is -0.118. The number of oxime groups is 1. The molecule has 1 aliphatic rings. The van der Waals surface area contributed by atoms with Crippen molar-refractivity contribution in [2.45, 2.75) is 19.8 Å². The Bertz CT molecular complexity index is 485. The van der Waals surface area contributed by atoms with Gasteiger partial charge in [0.2, 0.25) is 5.91 Å². The van der Waals surface area contributed by atoms with Crippen LogP contribution in [0.5, 0.6) is 0 Å². The highest BCUT2D eigenvalue weighted by atomic mass is 79.9. The van der Waals surface area contributed by atoms with Crippen LogP contribution in [0.4, 0.5) is 5.69 Å². The molecule has 0 saturated heterocycles. The summed E-state index contributed by atoms with van der Waals surface area (Å²) in [6.07, 6.45) is 1.05. The van der Waals surface area contributed by atoms with E-state index in [0.717, 1.165) is 15.7 Å². The van der Waals surface area contributed by atoms with Crippen LogP contribution in [0.2, 0.25) is 0 Å². The van der Waals surface area contributed by atoms with Crippen molar-refractivity contribution in [1.29, 1.82) is 0 Å². The minimum Gasteiger partial charge on any atom is -0.411 e. The first-order valence-corrected chi connectivity index (χ1v) is 6.28. The third-order valence-corrected chi connectivity index (χ3v) is 3.35. The zero-order chi connectivity index (χ0) is 12.4. The van der Waals surface area contributed by atoms with Crippen molar-refractivity contribution in [3.63, 3.8) is 0 Å². The summed E-state index contributed by atoms with van der Waals surface area (Å²) >= 11 is 3.38. The molecule has 17 heavy (non-hydrogen) atoms. The molecule has 1 aromatic carbocycles. The van der Waals surface area contributed by atoms with Crippen LogP contribution in [0, 0.1) is 0 Å². The highest BCUT2D eigenvalue weighted by Crippen LogP contribution is 2.30. The fourth-order valence-corrected chi connectivity index (χ4v) is 2.36. The number of fused-ring (bicyclic) bond motifs is 1. The van der Waals surface area contributed by atoms with Crippen molar-refractivity contribution in [3.8, 4) is 0 Å². The number of halogens is 1. The van der Waals surface area contributed by atoms with Crippen LogP contribution in [0.3, 0.4) is 0 Å². The maximum atomic E-state index is 11.8. The minimum absolute atomic E-state index is 0.0885. The van der Waals surface area contributed by atoms with Gasteiger partial charge in [0.15, 0.2) is 0 Å². The largest absolute Gasteiger partial charge is 0.411 e. The smallest absolute Gasteiger partial charge is 0.226 e. The molecule has 4 nitrogen and oxygen atoms in total. The molecule has 1 N–H and O–H groups in total. The Labute approximate surface area is 108 Å². The molecule has 1 amide bonds. The SMILES string of the molecule is CCC(=O)N1CC/C(=N\O)c2cc(Br)ccc21. The van der Waals surface area contributed by atoms with Gasteiger partial charge in [-0.25, -0.2) is 0 Å². The van der Waals surface area contributed by atoms with Gasteiger partial charge in [-0.05, 0) is 18.2 Å². The van der Waals surface area contributed by atoms with Gasteiger partial charge < -0.3 is 10.1 Å². The highest BCUT2D eigenvalue weighted by molar-refractivity contribution is 9.10. The first-order chi connectivity index (χ1) is 8.17. The van der Waals surface area contributed by atoms with Crippen LogP contribution in [-0.4, -0.2) is 23.4 Å². The molecule has 0 aliphatic carbocycles. The Morgan fingerprint density at radius 3 is 3.00 bits per heavy atom. The van der Waals surface area contributed by atoms with Crippen LogP contribution in [0.1, 0.15) is 25.3 Å². The summed E-state index contributed by atoms with van der Waals surface area (Å²) in [4.78, 5) is 13.6. The lowest BCUT2D eigenvalue weighted by Gasteiger charge is -2.29. The number of amides is 1. The monoisotopic (exact) mass is 296 g/mol. The standard InChI is InChI=1S/C12H13BrN2O2/c1-2-12(16)15-6-5-10(14-17)9-7-8(13)3-4-11(9)15/h3-4,7,17H,2,5-6H2,1H3/b14-10+. The van der Waals surface area contributed by atoms with Crippen molar-refractivity contribution >= 4 is 33.2 Å². The second-order valence-corrected chi connectivity index (χ2v) is 4.77. The zero-order valence-electron chi connectivity index (χ0n) is 9.48. The van der Waals surface area contributed by atoms with E-state index in [1.165, 1.54) is 0 Å². The summed E-state index contributed by atoms with van der Waals surface area (Å²) in [6, 6.07) is 5.63. The Balaban J connectivity index is 2.51. The quantitative estimate of drug-likeness (QED) is 0.640. The number of benzene rings is 1. The predicted octanol–water partition coefficient (Wildman–Crippen LogP) is 2.77. The summed E-state index contributed by atoms with van der Waals surface area (Å²) in [7, 11) is 0. The Kier molecular flexibility index (Phi) is 3.47. The van der Waals surface area contributed by atoms with Gasteiger partial charge in [0.25, 0.3) is 0 Å². The summed E-state index contributed by atoms with van der Waals surface area (Å²) in [5.41, 5.74) is 2.26. The molecular weight excluding hydrogens is 284 g/mol. The van der Waals surface area contributed by atoms with Gasteiger partial charge in [-0.3, -0.25) is 4.79 Å². The van der Waals surface area contributed by atoms with Crippen LogP contribution >= 0.6 is 15.9 Å². The van der Waals surface area contributed by atoms with E-state index < -0.39 is 0 Å². The molecule has 1 heterocycles. The third kappa shape index (κ3) is 2.20. The molecule has 0 radical (unpaired) electrons. The summed E-state index contributed by atoms with van der Waals surface area (Å²) in [5, 5.41) is 12.3. The van der Waals surface area contributed by atoms with Gasteiger partial charge in [-0.1, -0.05) is 28.0 Å². The molecule has 0 atom stereocenters. The van der Waals surface area contributed by atoms with E-state index in [2.05, 4.69) is 21.1 Å². The Morgan fingerprint density at radius 1 is 1.59 bits per heavy atom. The number of anilines is 1. The van der Waals surface area contributed by atoms with Gasteiger partial charge >= 0.3 is 0 Å². The first-order valence-electron chi connectivity index (χ1n) is 5.48. The van der Waals surface area contributed by atoms with E-state index in [1.807, 2.05) is 25.1 Å². The molecule has 1 aliphatic heterocycles. The molecule has 0 bridgehead atoms. The molecule has 0 aromatic heterocycles. The van der Waals surface area contributed by atoms with Crippen LogP contribution in [0.15, 0.2) is 27.8 Å². The van der Waals surface area contributed by atoms with E-state index in [-0.39, 0.29) is 5.91 Å². The molecule has 0 unspecified atom stereocenters. The van der Waals surface area contributed by atoms with Crippen LogP contribution < -0.4 is 4.90 Å². The molecule has 0 saturated carbocycles. The van der Waals surface area contributed by atoms with Gasteiger partial charge in [-0.15, -0.1) is 0 Å². The Morgan fingerprint density at radius 2 is 2.35 bits per heavy atom. The number of hydrogen-bond donors (Lipinski definition) is 1. The Hall–Kier alpha value is -1.36. The van der Waals surface area contributed by atoms with E-state index >= 15 is 0 Å². The van der Waals surface area contributed by atoms with Gasteiger partial charge in [0.05, 0.1) is 11.4 Å². The van der Waals surface area contributed by atoms with Crippen molar-refractivity contribution in [2.75, 3.05) is 11.4 Å². The van der Waals surface area contributed by atoms with Gasteiger partial charge in [0.1, 0.15) is 0 Å². The van der Waals surface area contributed by atoms with Crippen molar-refractivity contribution in [1.82, 2.24) is 0 Å². The fraction of sp³-hybridized carbons (Fsp3) is 0.333. The fourth-order valence-electron chi connectivity index (χ4n) is 2.00. The van der Waals surface area contributed by atoms with E-state index in [0.29, 0.717) is 25.1 Å². The maximum Gasteiger partial charge on any atom is 0.226 e. The number of carbonyl (C=O) groups excluding carboxylic acids is 1. The second-order valence-electron chi connectivity index (χ2n) is 3.86. The summed E-state index contributed by atoms with van der Waals surface area (Å²) < 4.78 is 0.906. The average Bonchev–Trinajstić information content (AvgIpc) is 2.36. The zero-order valence-corrected chi connectivity index (χ0v) is 11.1. The number of nitrogens with zero attached hydrogens (tertiary/aromatic N) is 2. The topological polar surface area (TPSA) is 52.9 Å². The summed E-state index contributed by atoms with van der Waals surface area (Å²) in [5.74, 6) is 0.0885. The lowest BCUT2D eigenvalue weighted by atomic mass is 9.99. The number of rotatable bonds is 1. The molecule has 90 valence electrons. The van der Waals surface area contributed by atoms with E-state index in [1.54, 1.807) is 4.90 Å².